The van der Waals surface area contributed by atoms with E-state index in [1.54, 1.807) is 6.33 Å². The fraction of sp³-hybridized carbons (Fsp3) is 0.733. The fourth-order valence-corrected chi connectivity index (χ4v) is 2.11. The van der Waals surface area contributed by atoms with Crippen LogP contribution in [0.1, 0.15) is 38.1 Å². The Kier molecular flexibility index (Phi) is 8.34. The van der Waals surface area contributed by atoms with Gasteiger partial charge in [0.2, 0.25) is 0 Å². The summed E-state index contributed by atoms with van der Waals surface area (Å²) in [6.45, 7) is 11.2. The lowest BCUT2D eigenvalue weighted by Gasteiger charge is -2.26. The minimum atomic E-state index is 0.894. The summed E-state index contributed by atoms with van der Waals surface area (Å²) in [5, 5.41) is 0. The van der Waals surface area contributed by atoms with E-state index in [-0.39, 0.29) is 0 Å². The Labute approximate surface area is 117 Å². The highest BCUT2D eigenvalue weighted by Crippen LogP contribution is 2.05. The largest absolute Gasteiger partial charge is 0.379 e. The molecule has 4 nitrogen and oxygen atoms in total. The zero-order valence-corrected chi connectivity index (χ0v) is 12.6. The molecule has 0 radical (unpaired) electrons. The van der Waals surface area contributed by atoms with Gasteiger partial charge in [-0.25, -0.2) is 9.97 Å². The summed E-state index contributed by atoms with van der Waals surface area (Å²) in [4.78, 5) is 10.9. The molecule has 0 spiro atoms. The molecule has 1 fully saturated rings. The van der Waals surface area contributed by atoms with E-state index in [1.165, 1.54) is 25.1 Å². The first-order chi connectivity index (χ1) is 9.34. The summed E-state index contributed by atoms with van der Waals surface area (Å²) in [5.74, 6) is 0. The van der Waals surface area contributed by atoms with Gasteiger partial charge in [0.15, 0.2) is 0 Å². The molecule has 1 aromatic heterocycles. The number of hydrogen-bond acceptors (Lipinski definition) is 4. The molecule has 1 aliphatic rings. The molecule has 1 saturated heterocycles. The molecule has 0 saturated carbocycles. The number of morpholine rings is 1. The van der Waals surface area contributed by atoms with Crippen molar-refractivity contribution in [3.8, 4) is 0 Å². The van der Waals surface area contributed by atoms with E-state index >= 15 is 0 Å². The quantitative estimate of drug-likeness (QED) is 0.767. The SMILES string of the molecule is CC.Cc1cc(CCCCN2CCOCC2)ncn1. The standard InChI is InChI=1S/C13H21N3O.C2H6/c1-12-10-13(15-11-14-12)4-2-3-5-16-6-8-17-9-7-16;1-2/h10-11H,2-9H2,1H3;1-2H3. The third kappa shape index (κ3) is 6.64. The van der Waals surface area contributed by atoms with Crippen molar-refractivity contribution in [2.24, 2.45) is 0 Å². The van der Waals surface area contributed by atoms with Gasteiger partial charge in [0.05, 0.1) is 13.2 Å². The summed E-state index contributed by atoms with van der Waals surface area (Å²) in [6.07, 6.45) is 5.16. The van der Waals surface area contributed by atoms with Crippen LogP contribution in [0.3, 0.4) is 0 Å². The van der Waals surface area contributed by atoms with Crippen molar-refractivity contribution in [2.45, 2.75) is 40.0 Å². The minimum Gasteiger partial charge on any atom is -0.379 e. The van der Waals surface area contributed by atoms with E-state index in [0.29, 0.717) is 0 Å². The average molecular weight is 265 g/mol. The van der Waals surface area contributed by atoms with E-state index in [4.69, 9.17) is 4.74 Å². The molecular formula is C15H27N3O. The Morgan fingerprint density at radius 2 is 1.89 bits per heavy atom. The number of aryl methyl sites for hydroxylation is 2. The lowest BCUT2D eigenvalue weighted by Crippen LogP contribution is -2.36. The highest BCUT2D eigenvalue weighted by atomic mass is 16.5. The van der Waals surface area contributed by atoms with E-state index in [9.17, 15) is 0 Å². The lowest BCUT2D eigenvalue weighted by atomic mass is 10.1. The summed E-state index contributed by atoms with van der Waals surface area (Å²) in [5.41, 5.74) is 2.22. The molecule has 0 aliphatic carbocycles. The summed E-state index contributed by atoms with van der Waals surface area (Å²) in [7, 11) is 0. The number of nitrogens with zero attached hydrogens (tertiary/aromatic N) is 3. The third-order valence-corrected chi connectivity index (χ3v) is 3.12. The van der Waals surface area contributed by atoms with Crippen molar-refractivity contribution in [3.05, 3.63) is 23.8 Å². The summed E-state index contributed by atoms with van der Waals surface area (Å²) < 4.78 is 5.33. The van der Waals surface area contributed by atoms with Crippen LogP contribution in [0.15, 0.2) is 12.4 Å². The van der Waals surface area contributed by atoms with Gasteiger partial charge in [-0.1, -0.05) is 13.8 Å². The van der Waals surface area contributed by atoms with Crippen LogP contribution in [-0.2, 0) is 11.2 Å². The van der Waals surface area contributed by atoms with Gasteiger partial charge >= 0.3 is 0 Å². The maximum absolute atomic E-state index is 5.33. The van der Waals surface area contributed by atoms with Crippen LogP contribution in [0, 0.1) is 6.92 Å². The molecule has 19 heavy (non-hydrogen) atoms. The Bertz CT molecular complexity index is 338. The summed E-state index contributed by atoms with van der Waals surface area (Å²) in [6, 6.07) is 2.08. The number of hydrogen-bond donors (Lipinski definition) is 0. The van der Waals surface area contributed by atoms with Crippen LogP contribution in [0.2, 0.25) is 0 Å². The van der Waals surface area contributed by atoms with Crippen molar-refractivity contribution < 1.29 is 4.74 Å². The number of unbranched alkanes of at least 4 members (excludes halogenated alkanes) is 1. The normalized spacial score (nSPS) is 15.7. The smallest absolute Gasteiger partial charge is 0.115 e. The summed E-state index contributed by atoms with van der Waals surface area (Å²) >= 11 is 0. The molecule has 1 aromatic rings. The molecule has 108 valence electrons. The van der Waals surface area contributed by atoms with E-state index < -0.39 is 0 Å². The minimum absolute atomic E-state index is 0.894. The van der Waals surface area contributed by atoms with Gasteiger partial charge in [0.25, 0.3) is 0 Å². The monoisotopic (exact) mass is 265 g/mol. The predicted octanol–water partition coefficient (Wildman–Crippen LogP) is 2.47. The van der Waals surface area contributed by atoms with Crippen LogP contribution in [0.5, 0.6) is 0 Å². The highest BCUT2D eigenvalue weighted by Gasteiger charge is 2.09. The maximum Gasteiger partial charge on any atom is 0.115 e. The van der Waals surface area contributed by atoms with Crippen LogP contribution in [0.4, 0.5) is 0 Å². The molecule has 0 aromatic carbocycles. The maximum atomic E-state index is 5.33. The Hall–Kier alpha value is -1.00. The molecule has 2 rings (SSSR count). The Morgan fingerprint density at radius 1 is 1.16 bits per heavy atom. The second-order valence-corrected chi connectivity index (χ2v) is 4.56. The van der Waals surface area contributed by atoms with Crippen molar-refractivity contribution in [2.75, 3.05) is 32.8 Å². The first kappa shape index (κ1) is 16.1. The van der Waals surface area contributed by atoms with Crippen LogP contribution in [-0.4, -0.2) is 47.7 Å². The molecule has 0 amide bonds. The van der Waals surface area contributed by atoms with Crippen LogP contribution < -0.4 is 0 Å². The van der Waals surface area contributed by atoms with Crippen molar-refractivity contribution >= 4 is 0 Å². The van der Waals surface area contributed by atoms with Crippen LogP contribution in [0.25, 0.3) is 0 Å². The van der Waals surface area contributed by atoms with Crippen molar-refractivity contribution in [1.82, 2.24) is 14.9 Å². The fourth-order valence-electron chi connectivity index (χ4n) is 2.11. The number of aromatic nitrogens is 2. The first-order valence-electron chi connectivity index (χ1n) is 7.42. The molecular weight excluding hydrogens is 238 g/mol. The predicted molar refractivity (Wildman–Crippen MR) is 78.3 cm³/mol. The number of rotatable bonds is 5. The Morgan fingerprint density at radius 3 is 2.58 bits per heavy atom. The molecule has 0 bridgehead atoms. The second kappa shape index (κ2) is 9.87. The molecule has 2 heterocycles. The van der Waals surface area contributed by atoms with Gasteiger partial charge in [0.1, 0.15) is 6.33 Å². The zero-order valence-electron chi connectivity index (χ0n) is 12.6. The molecule has 1 aliphatic heterocycles. The molecule has 4 heteroatoms. The highest BCUT2D eigenvalue weighted by molar-refractivity contribution is 5.06. The van der Waals surface area contributed by atoms with Gasteiger partial charge in [-0.2, -0.15) is 0 Å². The molecule has 0 atom stereocenters. The van der Waals surface area contributed by atoms with Crippen molar-refractivity contribution in [3.63, 3.8) is 0 Å². The van der Waals surface area contributed by atoms with Gasteiger partial charge in [-0.3, -0.25) is 4.90 Å². The van der Waals surface area contributed by atoms with E-state index in [2.05, 4.69) is 20.9 Å². The van der Waals surface area contributed by atoms with Crippen molar-refractivity contribution in [1.29, 1.82) is 0 Å². The van der Waals surface area contributed by atoms with Gasteiger partial charge in [-0.05, 0) is 38.8 Å². The topological polar surface area (TPSA) is 38.2 Å². The second-order valence-electron chi connectivity index (χ2n) is 4.56. The van der Waals surface area contributed by atoms with Gasteiger partial charge in [0, 0.05) is 24.5 Å². The van der Waals surface area contributed by atoms with Crippen LogP contribution >= 0.6 is 0 Å². The Balaban J connectivity index is 0.000000861. The zero-order chi connectivity index (χ0) is 13.9. The van der Waals surface area contributed by atoms with Gasteiger partial charge in [-0.15, -0.1) is 0 Å². The van der Waals surface area contributed by atoms with E-state index in [0.717, 1.165) is 38.4 Å². The average Bonchev–Trinajstić information content (AvgIpc) is 2.47. The number of ether oxygens (including phenoxy) is 1. The molecule has 0 unspecified atom stereocenters. The molecule has 0 N–H and O–H groups in total. The lowest BCUT2D eigenvalue weighted by molar-refractivity contribution is 0.0372. The van der Waals surface area contributed by atoms with Gasteiger partial charge < -0.3 is 4.74 Å². The van der Waals surface area contributed by atoms with E-state index in [1.807, 2.05) is 20.8 Å². The first-order valence-corrected chi connectivity index (χ1v) is 7.42. The third-order valence-electron chi connectivity index (χ3n) is 3.12.